The number of halogens is 2. The summed E-state index contributed by atoms with van der Waals surface area (Å²) >= 11 is 12.4. The molecule has 1 aromatic carbocycles. The third kappa shape index (κ3) is 3.94. The Morgan fingerprint density at radius 2 is 1.80 bits per heavy atom. The molecule has 108 valence electrons. The van der Waals surface area contributed by atoms with Gasteiger partial charge < -0.3 is 5.11 Å². The van der Waals surface area contributed by atoms with Gasteiger partial charge in [-0.15, -0.1) is 11.3 Å². The highest BCUT2D eigenvalue weighted by Gasteiger charge is 2.18. The second kappa shape index (κ2) is 6.43. The molecule has 1 heterocycles. The van der Waals surface area contributed by atoms with E-state index in [0.29, 0.717) is 14.9 Å². The monoisotopic (exact) mass is 351 g/mol. The number of thiophene rings is 1. The fourth-order valence-electron chi connectivity index (χ4n) is 1.50. The molecule has 2 N–H and O–H groups in total. The molecule has 0 amide bonds. The number of nitrogens with one attached hydrogen (secondary N) is 1. The molecule has 0 aliphatic carbocycles. The summed E-state index contributed by atoms with van der Waals surface area (Å²) in [6, 6.07) is 9.48. The predicted molar refractivity (Wildman–Crippen MR) is 80.9 cm³/mol. The van der Waals surface area contributed by atoms with E-state index in [2.05, 4.69) is 4.72 Å². The third-order valence-corrected chi connectivity index (χ3v) is 5.93. The van der Waals surface area contributed by atoms with Crippen molar-refractivity contribution in [2.75, 3.05) is 6.54 Å². The fourth-order valence-corrected chi connectivity index (χ4v) is 4.20. The molecule has 0 saturated carbocycles. The standard InChI is InChI=1S/C12H11Cl2NO3S2/c13-9-3-1-8(2-4-9)10(16)7-15-20(17,18)12-6-5-11(14)19-12/h1-6,10,15-16H,7H2. The number of benzene rings is 1. The zero-order valence-corrected chi connectivity index (χ0v) is 13.2. The molecule has 4 nitrogen and oxygen atoms in total. The van der Waals surface area contributed by atoms with Gasteiger partial charge in [-0.3, -0.25) is 0 Å². The lowest BCUT2D eigenvalue weighted by molar-refractivity contribution is 0.182. The van der Waals surface area contributed by atoms with Crippen molar-refractivity contribution in [2.24, 2.45) is 0 Å². The van der Waals surface area contributed by atoms with Gasteiger partial charge in [-0.2, -0.15) is 0 Å². The van der Waals surface area contributed by atoms with Crippen molar-refractivity contribution in [2.45, 2.75) is 10.3 Å². The highest BCUT2D eigenvalue weighted by atomic mass is 35.5. The summed E-state index contributed by atoms with van der Waals surface area (Å²) in [7, 11) is -3.65. The van der Waals surface area contributed by atoms with Crippen LogP contribution in [0, 0.1) is 0 Å². The van der Waals surface area contributed by atoms with Gasteiger partial charge >= 0.3 is 0 Å². The van der Waals surface area contributed by atoms with Gasteiger partial charge in [0.15, 0.2) is 0 Å². The number of hydrogen-bond donors (Lipinski definition) is 2. The van der Waals surface area contributed by atoms with Crippen molar-refractivity contribution in [1.82, 2.24) is 4.72 Å². The van der Waals surface area contributed by atoms with E-state index in [9.17, 15) is 13.5 Å². The highest BCUT2D eigenvalue weighted by molar-refractivity contribution is 7.91. The smallest absolute Gasteiger partial charge is 0.250 e. The minimum Gasteiger partial charge on any atom is -0.387 e. The number of aliphatic hydroxyl groups excluding tert-OH is 1. The van der Waals surface area contributed by atoms with E-state index in [1.165, 1.54) is 12.1 Å². The summed E-state index contributed by atoms with van der Waals surface area (Å²) in [5, 5.41) is 10.5. The SMILES string of the molecule is O=S(=O)(NCC(O)c1ccc(Cl)cc1)c1ccc(Cl)s1. The fraction of sp³-hybridized carbons (Fsp3) is 0.167. The minimum atomic E-state index is -3.65. The first-order valence-corrected chi connectivity index (χ1v) is 8.62. The first-order chi connectivity index (χ1) is 9.38. The number of sulfonamides is 1. The zero-order valence-electron chi connectivity index (χ0n) is 10.1. The molecule has 0 aliphatic rings. The van der Waals surface area contributed by atoms with Crippen molar-refractivity contribution < 1.29 is 13.5 Å². The van der Waals surface area contributed by atoms with Crippen LogP contribution in [0.3, 0.4) is 0 Å². The lowest BCUT2D eigenvalue weighted by Gasteiger charge is -2.12. The third-order valence-electron chi connectivity index (χ3n) is 2.53. The van der Waals surface area contributed by atoms with Gasteiger partial charge in [0.05, 0.1) is 10.4 Å². The van der Waals surface area contributed by atoms with Crippen LogP contribution < -0.4 is 4.72 Å². The maximum absolute atomic E-state index is 11.9. The van der Waals surface area contributed by atoms with Crippen LogP contribution >= 0.6 is 34.5 Å². The van der Waals surface area contributed by atoms with Gasteiger partial charge in [0.1, 0.15) is 4.21 Å². The van der Waals surface area contributed by atoms with Crippen molar-refractivity contribution in [3.05, 3.63) is 51.3 Å². The Kier molecular flexibility index (Phi) is 5.06. The van der Waals surface area contributed by atoms with E-state index >= 15 is 0 Å². The van der Waals surface area contributed by atoms with Gasteiger partial charge in [0, 0.05) is 11.6 Å². The van der Waals surface area contributed by atoms with Crippen LogP contribution in [0.25, 0.3) is 0 Å². The largest absolute Gasteiger partial charge is 0.387 e. The van der Waals surface area contributed by atoms with Crippen LogP contribution in [0.2, 0.25) is 9.36 Å². The molecular formula is C12H11Cl2NO3S2. The molecule has 1 atom stereocenters. The average Bonchev–Trinajstić information content (AvgIpc) is 2.84. The van der Waals surface area contributed by atoms with E-state index in [0.717, 1.165) is 11.3 Å². The van der Waals surface area contributed by atoms with Crippen LogP contribution in [0.4, 0.5) is 0 Å². The van der Waals surface area contributed by atoms with E-state index < -0.39 is 16.1 Å². The van der Waals surface area contributed by atoms with Crippen molar-refractivity contribution in [3.63, 3.8) is 0 Å². The lowest BCUT2D eigenvalue weighted by atomic mass is 10.1. The van der Waals surface area contributed by atoms with Crippen LogP contribution in [0.1, 0.15) is 11.7 Å². The molecule has 0 saturated heterocycles. The van der Waals surface area contributed by atoms with Gasteiger partial charge in [0.25, 0.3) is 0 Å². The van der Waals surface area contributed by atoms with Gasteiger partial charge in [-0.1, -0.05) is 35.3 Å². The van der Waals surface area contributed by atoms with Gasteiger partial charge in [0.2, 0.25) is 10.0 Å². The Bertz CT molecular complexity index is 683. The molecule has 0 fully saturated rings. The molecule has 2 rings (SSSR count). The van der Waals surface area contributed by atoms with Gasteiger partial charge in [-0.05, 0) is 29.8 Å². The molecule has 0 radical (unpaired) electrons. The zero-order chi connectivity index (χ0) is 14.8. The second-order valence-corrected chi connectivity index (χ2v) is 8.12. The highest BCUT2D eigenvalue weighted by Crippen LogP contribution is 2.25. The molecule has 8 heteroatoms. The van der Waals surface area contributed by atoms with E-state index in [4.69, 9.17) is 23.2 Å². The van der Waals surface area contributed by atoms with E-state index in [1.54, 1.807) is 24.3 Å². The molecular weight excluding hydrogens is 341 g/mol. The summed E-state index contributed by atoms with van der Waals surface area (Å²) in [5.74, 6) is 0. The second-order valence-electron chi connectivity index (χ2n) is 3.98. The Balaban J connectivity index is 2.03. The molecule has 0 bridgehead atoms. The quantitative estimate of drug-likeness (QED) is 0.869. The van der Waals surface area contributed by atoms with E-state index in [1.807, 2.05) is 0 Å². The van der Waals surface area contributed by atoms with E-state index in [-0.39, 0.29) is 10.8 Å². The van der Waals surface area contributed by atoms with Crippen molar-refractivity contribution in [3.8, 4) is 0 Å². The lowest BCUT2D eigenvalue weighted by Crippen LogP contribution is -2.27. The number of rotatable bonds is 5. The van der Waals surface area contributed by atoms with Crippen LogP contribution in [0.5, 0.6) is 0 Å². The average molecular weight is 352 g/mol. The summed E-state index contributed by atoms with van der Waals surface area (Å²) in [4.78, 5) is 0. The first kappa shape index (κ1) is 15.8. The summed E-state index contributed by atoms with van der Waals surface area (Å²) < 4.78 is 26.7. The predicted octanol–water partition coefficient (Wildman–Crippen LogP) is 3.07. The molecule has 2 aromatic rings. The summed E-state index contributed by atoms with van der Waals surface area (Å²) in [6.07, 6.45) is -0.947. The Labute approximate surface area is 131 Å². The Hall–Kier alpha value is -0.630. The van der Waals surface area contributed by atoms with Crippen LogP contribution in [-0.2, 0) is 10.0 Å². The first-order valence-electron chi connectivity index (χ1n) is 5.57. The van der Waals surface area contributed by atoms with Gasteiger partial charge in [-0.25, -0.2) is 13.1 Å². The Morgan fingerprint density at radius 3 is 2.35 bits per heavy atom. The number of aliphatic hydroxyl groups is 1. The summed E-state index contributed by atoms with van der Waals surface area (Å²) in [6.45, 7) is -0.126. The maximum atomic E-state index is 11.9. The minimum absolute atomic E-state index is 0.116. The molecule has 20 heavy (non-hydrogen) atoms. The number of hydrogen-bond acceptors (Lipinski definition) is 4. The normalized spacial score (nSPS) is 13.3. The van der Waals surface area contributed by atoms with Crippen LogP contribution in [-0.4, -0.2) is 20.1 Å². The molecule has 1 aromatic heterocycles. The molecule has 1 unspecified atom stereocenters. The van der Waals surface area contributed by atoms with Crippen molar-refractivity contribution >= 4 is 44.6 Å². The summed E-state index contributed by atoms with van der Waals surface area (Å²) in [5.41, 5.74) is 0.585. The Morgan fingerprint density at radius 1 is 1.15 bits per heavy atom. The van der Waals surface area contributed by atoms with Crippen molar-refractivity contribution in [1.29, 1.82) is 0 Å². The molecule has 0 aliphatic heterocycles. The van der Waals surface area contributed by atoms with Crippen LogP contribution in [0.15, 0.2) is 40.6 Å². The topological polar surface area (TPSA) is 66.4 Å². The molecule has 0 spiro atoms. The maximum Gasteiger partial charge on any atom is 0.250 e.